The van der Waals surface area contributed by atoms with Gasteiger partial charge in [-0.05, 0) is 37.5 Å². The van der Waals surface area contributed by atoms with Gasteiger partial charge in [0.2, 0.25) is 0 Å². The molecule has 0 atom stereocenters. The van der Waals surface area contributed by atoms with E-state index in [4.69, 9.17) is 0 Å². The zero-order chi connectivity index (χ0) is 14.7. The Morgan fingerprint density at radius 2 is 1.85 bits per heavy atom. The number of nitrogens with zero attached hydrogens (tertiary/aromatic N) is 2. The normalized spacial score (nSPS) is 10.8. The highest BCUT2D eigenvalue weighted by Crippen LogP contribution is 2.19. The lowest BCUT2D eigenvalue weighted by Gasteiger charge is -2.07. The van der Waals surface area contributed by atoms with Gasteiger partial charge in [0.05, 0.1) is 17.8 Å². The molecule has 0 amide bonds. The molecule has 1 heterocycles. The Morgan fingerprint density at radius 1 is 1.20 bits per heavy atom. The van der Waals surface area contributed by atoms with Crippen LogP contribution in [0.15, 0.2) is 28.7 Å². The first-order valence-corrected chi connectivity index (χ1v) is 7.70. The van der Waals surface area contributed by atoms with Crippen molar-refractivity contribution in [1.29, 1.82) is 0 Å². The number of aromatic nitrogens is 2. The second kappa shape index (κ2) is 6.35. The fourth-order valence-electron chi connectivity index (χ4n) is 2.46. The van der Waals surface area contributed by atoms with Gasteiger partial charge in [0, 0.05) is 10.2 Å². The van der Waals surface area contributed by atoms with E-state index >= 15 is 0 Å². The molecular weight excluding hydrogens is 316 g/mol. The Kier molecular flexibility index (Phi) is 4.76. The van der Waals surface area contributed by atoms with Crippen LogP contribution in [0.4, 0.5) is 0 Å². The first-order valence-electron chi connectivity index (χ1n) is 6.90. The van der Waals surface area contributed by atoms with E-state index in [9.17, 15) is 4.79 Å². The minimum Gasteiger partial charge on any atom is -0.294 e. The summed E-state index contributed by atoms with van der Waals surface area (Å²) in [6, 6.07) is 8.20. The van der Waals surface area contributed by atoms with Crippen LogP contribution in [0.5, 0.6) is 0 Å². The van der Waals surface area contributed by atoms with Crippen LogP contribution in [0.1, 0.15) is 48.1 Å². The molecule has 1 aromatic heterocycles. The summed E-state index contributed by atoms with van der Waals surface area (Å²) in [6.45, 7) is 6.44. The van der Waals surface area contributed by atoms with Crippen molar-refractivity contribution in [3.8, 4) is 0 Å². The average Bonchev–Trinajstić information content (AvgIpc) is 2.79. The number of Topliss-reactive ketones (excluding diaryl/α,β-unsaturated/α-hetero) is 1. The lowest BCUT2D eigenvalue weighted by atomic mass is 10.1. The van der Waals surface area contributed by atoms with E-state index in [1.807, 2.05) is 23.7 Å². The summed E-state index contributed by atoms with van der Waals surface area (Å²) < 4.78 is 3.04. The molecule has 2 rings (SSSR count). The second-order valence-electron chi connectivity index (χ2n) is 4.82. The molecule has 0 radical (unpaired) electrons. The fourth-order valence-corrected chi connectivity index (χ4v) is 2.72. The van der Waals surface area contributed by atoms with Gasteiger partial charge in [0.1, 0.15) is 0 Å². The molecule has 1 aromatic carbocycles. The van der Waals surface area contributed by atoms with Crippen molar-refractivity contribution in [3.05, 3.63) is 51.3 Å². The van der Waals surface area contributed by atoms with Crippen molar-refractivity contribution < 1.29 is 4.79 Å². The minimum atomic E-state index is 0.112. The summed E-state index contributed by atoms with van der Waals surface area (Å²) in [5.74, 6) is 0.112. The van der Waals surface area contributed by atoms with Gasteiger partial charge in [-0.1, -0.05) is 41.9 Å². The molecule has 0 spiro atoms. The smallest absolute Gasteiger partial charge is 0.163 e. The number of rotatable bonds is 5. The first kappa shape index (κ1) is 15.0. The molecule has 0 aliphatic carbocycles. The lowest BCUT2D eigenvalue weighted by molar-refractivity contribution is 0.101. The summed E-state index contributed by atoms with van der Waals surface area (Å²) in [6.07, 6.45) is 1.60. The van der Waals surface area contributed by atoms with E-state index in [0.717, 1.165) is 34.3 Å². The summed E-state index contributed by atoms with van der Waals surface area (Å²) >= 11 is 3.44. The quantitative estimate of drug-likeness (QED) is 0.774. The second-order valence-corrected chi connectivity index (χ2v) is 5.73. The van der Waals surface area contributed by atoms with Crippen LogP contribution in [-0.4, -0.2) is 15.6 Å². The number of aryl methyl sites for hydroxylation is 1. The Bertz CT molecular complexity index is 614. The zero-order valence-corrected chi connectivity index (χ0v) is 13.7. The summed E-state index contributed by atoms with van der Waals surface area (Å²) in [7, 11) is 0. The molecule has 0 saturated heterocycles. The van der Waals surface area contributed by atoms with Crippen molar-refractivity contribution in [2.24, 2.45) is 0 Å². The molecule has 0 aliphatic rings. The molecule has 106 valence electrons. The average molecular weight is 335 g/mol. The molecule has 20 heavy (non-hydrogen) atoms. The van der Waals surface area contributed by atoms with E-state index in [-0.39, 0.29) is 5.78 Å². The molecular formula is C16H19BrN2O. The Hall–Kier alpha value is -1.42. The third-order valence-electron chi connectivity index (χ3n) is 3.40. The van der Waals surface area contributed by atoms with E-state index in [2.05, 4.69) is 40.1 Å². The van der Waals surface area contributed by atoms with Gasteiger partial charge in [-0.25, -0.2) is 0 Å². The Labute approximate surface area is 128 Å². The third kappa shape index (κ3) is 3.01. The van der Waals surface area contributed by atoms with Crippen LogP contribution in [-0.2, 0) is 19.4 Å². The largest absolute Gasteiger partial charge is 0.294 e. The van der Waals surface area contributed by atoms with E-state index in [1.54, 1.807) is 6.92 Å². The number of halogens is 1. The maximum atomic E-state index is 11.9. The predicted molar refractivity (Wildman–Crippen MR) is 84.2 cm³/mol. The predicted octanol–water partition coefficient (Wildman–Crippen LogP) is 4.02. The van der Waals surface area contributed by atoms with Crippen molar-refractivity contribution in [2.45, 2.75) is 40.2 Å². The number of ketones is 1. The third-order valence-corrected chi connectivity index (χ3v) is 3.93. The molecule has 4 heteroatoms. The molecule has 2 aromatic rings. The molecule has 0 saturated carbocycles. The van der Waals surface area contributed by atoms with Gasteiger partial charge in [-0.15, -0.1) is 0 Å². The van der Waals surface area contributed by atoms with E-state index in [0.29, 0.717) is 6.54 Å². The monoisotopic (exact) mass is 334 g/mol. The van der Waals surface area contributed by atoms with Crippen LogP contribution >= 0.6 is 15.9 Å². The maximum absolute atomic E-state index is 11.9. The highest BCUT2D eigenvalue weighted by atomic mass is 79.9. The number of hydrogen-bond acceptors (Lipinski definition) is 2. The molecule has 0 N–H and O–H groups in total. The number of carbonyl (C=O) groups excluding carboxylic acids is 1. The minimum absolute atomic E-state index is 0.112. The summed E-state index contributed by atoms with van der Waals surface area (Å²) in [4.78, 5) is 11.9. The highest BCUT2D eigenvalue weighted by molar-refractivity contribution is 9.10. The van der Waals surface area contributed by atoms with E-state index in [1.165, 1.54) is 5.56 Å². The summed E-state index contributed by atoms with van der Waals surface area (Å²) in [5.41, 5.74) is 3.94. The SMILES string of the molecule is CCc1nn(Cc2ccc(Br)cc2)c(CC)c1C(C)=O. The van der Waals surface area contributed by atoms with E-state index < -0.39 is 0 Å². The molecule has 0 unspecified atom stereocenters. The van der Waals surface area contributed by atoms with Crippen LogP contribution in [0.2, 0.25) is 0 Å². The van der Waals surface area contributed by atoms with Gasteiger partial charge in [0.25, 0.3) is 0 Å². The molecule has 0 aliphatic heterocycles. The van der Waals surface area contributed by atoms with Gasteiger partial charge in [-0.2, -0.15) is 5.10 Å². The molecule has 0 fully saturated rings. The van der Waals surface area contributed by atoms with Crippen molar-refractivity contribution in [2.75, 3.05) is 0 Å². The van der Waals surface area contributed by atoms with Crippen molar-refractivity contribution in [3.63, 3.8) is 0 Å². The lowest BCUT2D eigenvalue weighted by Crippen LogP contribution is -2.07. The Balaban J connectivity index is 2.41. The molecule has 0 bridgehead atoms. The number of hydrogen-bond donors (Lipinski definition) is 0. The van der Waals surface area contributed by atoms with Crippen LogP contribution in [0.3, 0.4) is 0 Å². The first-order chi connectivity index (χ1) is 9.56. The van der Waals surface area contributed by atoms with Gasteiger partial charge >= 0.3 is 0 Å². The van der Waals surface area contributed by atoms with Gasteiger partial charge in [-0.3, -0.25) is 9.48 Å². The maximum Gasteiger partial charge on any atom is 0.163 e. The highest BCUT2D eigenvalue weighted by Gasteiger charge is 2.18. The number of benzene rings is 1. The molecule has 3 nitrogen and oxygen atoms in total. The topological polar surface area (TPSA) is 34.9 Å². The Morgan fingerprint density at radius 3 is 2.35 bits per heavy atom. The fraction of sp³-hybridized carbons (Fsp3) is 0.375. The van der Waals surface area contributed by atoms with Crippen LogP contribution in [0.25, 0.3) is 0 Å². The van der Waals surface area contributed by atoms with Crippen molar-refractivity contribution in [1.82, 2.24) is 9.78 Å². The van der Waals surface area contributed by atoms with Crippen molar-refractivity contribution >= 4 is 21.7 Å². The van der Waals surface area contributed by atoms with Crippen LogP contribution in [0, 0.1) is 0 Å². The number of carbonyl (C=O) groups is 1. The standard InChI is InChI=1S/C16H19BrN2O/c1-4-14-16(11(3)20)15(5-2)19(18-14)10-12-6-8-13(17)9-7-12/h6-9H,4-5,10H2,1-3H3. The zero-order valence-electron chi connectivity index (χ0n) is 12.1. The van der Waals surface area contributed by atoms with Gasteiger partial charge in [0.15, 0.2) is 5.78 Å². The summed E-state index contributed by atoms with van der Waals surface area (Å²) in [5, 5.41) is 4.62. The van der Waals surface area contributed by atoms with Gasteiger partial charge < -0.3 is 0 Å². The van der Waals surface area contributed by atoms with Crippen LogP contribution < -0.4 is 0 Å².